The topological polar surface area (TPSA) is 63.0 Å². The van der Waals surface area contributed by atoms with E-state index in [0.717, 1.165) is 49.8 Å². The Balaban J connectivity index is 1.89. The second-order valence-corrected chi connectivity index (χ2v) is 5.66. The van der Waals surface area contributed by atoms with Crippen molar-refractivity contribution in [3.63, 3.8) is 0 Å². The van der Waals surface area contributed by atoms with Gasteiger partial charge in [-0.15, -0.1) is 0 Å². The Labute approximate surface area is 125 Å². The van der Waals surface area contributed by atoms with Crippen LogP contribution in [0.25, 0.3) is 0 Å². The van der Waals surface area contributed by atoms with Crippen LogP contribution in [0.2, 0.25) is 0 Å². The molecule has 0 radical (unpaired) electrons. The SMILES string of the molecule is COc1ccc(C(NN)C2CN3CCN2CC3)c(OC)c1. The van der Waals surface area contributed by atoms with Gasteiger partial charge in [0.2, 0.25) is 0 Å². The lowest BCUT2D eigenvalue weighted by atomic mass is 9.93. The van der Waals surface area contributed by atoms with Crippen molar-refractivity contribution in [1.29, 1.82) is 0 Å². The molecule has 1 aromatic rings. The highest BCUT2D eigenvalue weighted by Gasteiger charge is 2.38. The number of nitrogens with two attached hydrogens (primary N) is 1. The van der Waals surface area contributed by atoms with Crippen LogP contribution in [0.15, 0.2) is 18.2 Å². The first-order valence-corrected chi connectivity index (χ1v) is 7.41. The molecule has 3 heterocycles. The quantitative estimate of drug-likeness (QED) is 0.597. The summed E-state index contributed by atoms with van der Waals surface area (Å²) >= 11 is 0. The van der Waals surface area contributed by atoms with E-state index in [1.54, 1.807) is 14.2 Å². The normalized spacial score (nSPS) is 29.2. The number of methoxy groups -OCH3 is 2. The molecule has 0 aliphatic carbocycles. The molecular weight excluding hydrogens is 268 g/mol. The first-order valence-electron chi connectivity index (χ1n) is 7.41. The van der Waals surface area contributed by atoms with E-state index in [4.69, 9.17) is 15.3 Å². The molecule has 0 saturated carbocycles. The van der Waals surface area contributed by atoms with Crippen molar-refractivity contribution < 1.29 is 9.47 Å². The fraction of sp³-hybridized carbons (Fsp3) is 0.600. The molecule has 116 valence electrons. The zero-order valence-corrected chi connectivity index (χ0v) is 12.7. The molecule has 2 unspecified atom stereocenters. The van der Waals surface area contributed by atoms with Gasteiger partial charge in [0, 0.05) is 50.4 Å². The summed E-state index contributed by atoms with van der Waals surface area (Å²) in [6.45, 7) is 5.59. The summed E-state index contributed by atoms with van der Waals surface area (Å²) in [6, 6.07) is 6.34. The van der Waals surface area contributed by atoms with E-state index >= 15 is 0 Å². The van der Waals surface area contributed by atoms with Crippen LogP contribution in [0.5, 0.6) is 11.5 Å². The van der Waals surface area contributed by atoms with Crippen molar-refractivity contribution in [1.82, 2.24) is 15.2 Å². The van der Waals surface area contributed by atoms with Crippen LogP contribution >= 0.6 is 0 Å². The molecule has 3 saturated heterocycles. The summed E-state index contributed by atoms with van der Waals surface area (Å²) in [5, 5.41) is 0. The number of hydrazine groups is 1. The summed E-state index contributed by atoms with van der Waals surface area (Å²) in [6.07, 6.45) is 0. The Morgan fingerprint density at radius 1 is 1.19 bits per heavy atom. The number of nitrogens with one attached hydrogen (secondary N) is 1. The number of hydrogen-bond donors (Lipinski definition) is 2. The summed E-state index contributed by atoms with van der Waals surface area (Å²) < 4.78 is 10.8. The van der Waals surface area contributed by atoms with Gasteiger partial charge in [-0.1, -0.05) is 0 Å². The average Bonchev–Trinajstić information content (AvgIpc) is 2.57. The van der Waals surface area contributed by atoms with Gasteiger partial charge in [0.15, 0.2) is 0 Å². The van der Waals surface area contributed by atoms with Gasteiger partial charge >= 0.3 is 0 Å². The van der Waals surface area contributed by atoms with E-state index in [2.05, 4.69) is 15.2 Å². The highest BCUT2D eigenvalue weighted by molar-refractivity contribution is 5.43. The molecule has 0 spiro atoms. The minimum Gasteiger partial charge on any atom is -0.497 e. The smallest absolute Gasteiger partial charge is 0.127 e. The largest absolute Gasteiger partial charge is 0.497 e. The highest BCUT2D eigenvalue weighted by Crippen LogP contribution is 2.34. The van der Waals surface area contributed by atoms with Gasteiger partial charge in [0.1, 0.15) is 11.5 Å². The zero-order chi connectivity index (χ0) is 14.8. The number of piperazine rings is 3. The lowest BCUT2D eigenvalue weighted by Gasteiger charge is -2.50. The van der Waals surface area contributed by atoms with Crippen LogP contribution < -0.4 is 20.7 Å². The minimum absolute atomic E-state index is 0.0500. The summed E-state index contributed by atoms with van der Waals surface area (Å²) in [5.41, 5.74) is 4.08. The number of rotatable bonds is 5. The van der Waals surface area contributed by atoms with Gasteiger partial charge in [0.25, 0.3) is 0 Å². The fourth-order valence-corrected chi connectivity index (χ4v) is 3.46. The number of nitrogens with zero attached hydrogens (tertiary/aromatic N) is 2. The van der Waals surface area contributed by atoms with Crippen LogP contribution in [0, 0.1) is 0 Å². The Morgan fingerprint density at radius 2 is 1.95 bits per heavy atom. The molecule has 1 aromatic carbocycles. The maximum atomic E-state index is 5.88. The van der Waals surface area contributed by atoms with Crippen molar-refractivity contribution in [3.8, 4) is 11.5 Å². The average molecular weight is 292 g/mol. The van der Waals surface area contributed by atoms with Crippen LogP contribution in [-0.2, 0) is 0 Å². The molecule has 3 aliphatic heterocycles. The first-order chi connectivity index (χ1) is 10.3. The van der Waals surface area contributed by atoms with Crippen molar-refractivity contribution in [2.75, 3.05) is 46.9 Å². The first kappa shape index (κ1) is 14.6. The third-order valence-electron chi connectivity index (χ3n) is 4.66. The van der Waals surface area contributed by atoms with Crippen molar-refractivity contribution >= 4 is 0 Å². The zero-order valence-electron chi connectivity index (χ0n) is 12.7. The van der Waals surface area contributed by atoms with Gasteiger partial charge < -0.3 is 9.47 Å². The van der Waals surface area contributed by atoms with E-state index in [-0.39, 0.29) is 6.04 Å². The Bertz CT molecular complexity index is 489. The molecule has 6 heteroatoms. The van der Waals surface area contributed by atoms with Gasteiger partial charge in [-0.2, -0.15) is 0 Å². The van der Waals surface area contributed by atoms with Gasteiger partial charge in [-0.25, -0.2) is 0 Å². The van der Waals surface area contributed by atoms with Crippen LogP contribution in [0.4, 0.5) is 0 Å². The van der Waals surface area contributed by atoms with Crippen molar-refractivity contribution in [2.45, 2.75) is 12.1 Å². The fourth-order valence-electron chi connectivity index (χ4n) is 3.46. The molecule has 21 heavy (non-hydrogen) atoms. The number of ether oxygens (including phenoxy) is 2. The van der Waals surface area contributed by atoms with Crippen LogP contribution in [-0.4, -0.2) is 62.8 Å². The number of hydrogen-bond acceptors (Lipinski definition) is 6. The molecule has 3 fully saturated rings. The third-order valence-corrected chi connectivity index (χ3v) is 4.66. The monoisotopic (exact) mass is 292 g/mol. The van der Waals surface area contributed by atoms with E-state index in [1.165, 1.54) is 0 Å². The second-order valence-electron chi connectivity index (χ2n) is 5.66. The molecule has 2 bridgehead atoms. The third kappa shape index (κ3) is 2.72. The summed E-state index contributed by atoms with van der Waals surface area (Å²) in [4.78, 5) is 5.03. The van der Waals surface area contributed by atoms with E-state index in [9.17, 15) is 0 Å². The number of benzene rings is 1. The van der Waals surface area contributed by atoms with Gasteiger partial charge in [0.05, 0.1) is 20.3 Å². The minimum atomic E-state index is 0.0500. The standard InChI is InChI=1S/C15H24N4O2/c1-20-11-3-4-12(14(9-11)21-2)15(17-16)13-10-18-5-7-19(13)8-6-18/h3-4,9,13,15,17H,5-8,10,16H2,1-2H3. The van der Waals surface area contributed by atoms with Gasteiger partial charge in [-0.05, 0) is 12.1 Å². The summed E-state index contributed by atoms with van der Waals surface area (Å²) in [5.74, 6) is 7.49. The van der Waals surface area contributed by atoms with Crippen LogP contribution in [0.3, 0.4) is 0 Å². The second kappa shape index (κ2) is 6.19. The Kier molecular flexibility index (Phi) is 4.30. The van der Waals surface area contributed by atoms with E-state index < -0.39 is 0 Å². The molecular formula is C15H24N4O2. The van der Waals surface area contributed by atoms with Crippen molar-refractivity contribution in [3.05, 3.63) is 23.8 Å². The summed E-state index contributed by atoms with van der Waals surface area (Å²) in [7, 11) is 3.34. The molecule has 3 N–H and O–H groups in total. The molecule has 0 aromatic heterocycles. The number of fused-ring (bicyclic) bond motifs is 3. The van der Waals surface area contributed by atoms with E-state index in [0.29, 0.717) is 6.04 Å². The van der Waals surface area contributed by atoms with E-state index in [1.807, 2.05) is 18.2 Å². The lowest BCUT2D eigenvalue weighted by molar-refractivity contribution is -0.00401. The Morgan fingerprint density at radius 3 is 2.48 bits per heavy atom. The predicted octanol–water partition coefficient (Wildman–Crippen LogP) is 0.208. The Hall–Kier alpha value is -1.34. The van der Waals surface area contributed by atoms with Gasteiger partial charge in [-0.3, -0.25) is 21.1 Å². The molecule has 4 rings (SSSR count). The lowest BCUT2D eigenvalue weighted by Crippen LogP contribution is -2.64. The molecule has 0 amide bonds. The maximum Gasteiger partial charge on any atom is 0.127 e. The molecule has 2 atom stereocenters. The molecule has 3 aliphatic rings. The maximum absolute atomic E-state index is 5.88. The van der Waals surface area contributed by atoms with Crippen molar-refractivity contribution in [2.24, 2.45) is 5.84 Å². The predicted molar refractivity (Wildman–Crippen MR) is 81.4 cm³/mol. The van der Waals surface area contributed by atoms with Crippen LogP contribution in [0.1, 0.15) is 11.6 Å². The highest BCUT2D eigenvalue weighted by atomic mass is 16.5. The molecule has 6 nitrogen and oxygen atoms in total.